The summed E-state index contributed by atoms with van der Waals surface area (Å²) in [5, 5.41) is 21.0. The van der Waals surface area contributed by atoms with Crippen LogP contribution in [0.4, 0.5) is 0 Å². The Bertz CT molecular complexity index is 402. The molecule has 0 aromatic carbocycles. The molecule has 0 amide bonds. The van der Waals surface area contributed by atoms with Crippen molar-refractivity contribution in [2.24, 2.45) is 4.99 Å². The summed E-state index contributed by atoms with van der Waals surface area (Å²) in [5.41, 5.74) is 0.0138. The first-order valence-corrected chi connectivity index (χ1v) is 8.81. The van der Waals surface area contributed by atoms with Gasteiger partial charge in [0.2, 0.25) is 0 Å². The number of nitrogens with zero attached hydrogens (tertiary/aromatic N) is 1. The summed E-state index contributed by atoms with van der Waals surface area (Å²) < 4.78 is 0. The Hall–Kier alpha value is -1.07. The molecule has 0 saturated carbocycles. The van der Waals surface area contributed by atoms with Gasteiger partial charge in [-0.15, -0.1) is 0 Å². The molecule has 1 rings (SSSR count). The smallest absolute Gasteiger partial charge is 0.191 e. The van der Waals surface area contributed by atoms with Crippen LogP contribution in [-0.2, 0) is 5.60 Å². The van der Waals surface area contributed by atoms with Gasteiger partial charge in [0.1, 0.15) is 5.60 Å². The van der Waals surface area contributed by atoms with Crippen LogP contribution >= 0.6 is 11.3 Å². The molecule has 1 atom stereocenters. The molecule has 4 nitrogen and oxygen atoms in total. The molecule has 120 valence electrons. The first-order chi connectivity index (χ1) is 10.1. The molecular formula is C16H29N3OS. The SMILES string of the molecule is CCCCCCNC(=NCC(C)(O)c1ccsc1)NCC. The Morgan fingerprint density at radius 1 is 1.29 bits per heavy atom. The fourth-order valence-corrected chi connectivity index (χ4v) is 2.78. The second-order valence-electron chi connectivity index (χ2n) is 5.47. The minimum Gasteiger partial charge on any atom is -0.383 e. The molecule has 3 N–H and O–H groups in total. The first-order valence-electron chi connectivity index (χ1n) is 7.87. The van der Waals surface area contributed by atoms with Crippen LogP contribution < -0.4 is 10.6 Å². The molecule has 1 aromatic rings. The van der Waals surface area contributed by atoms with Crippen molar-refractivity contribution in [2.45, 2.75) is 52.1 Å². The molecular weight excluding hydrogens is 282 g/mol. The highest BCUT2D eigenvalue weighted by Gasteiger charge is 2.23. The third kappa shape index (κ3) is 6.96. The lowest BCUT2D eigenvalue weighted by Crippen LogP contribution is -2.39. The summed E-state index contributed by atoms with van der Waals surface area (Å²) >= 11 is 1.59. The van der Waals surface area contributed by atoms with Crippen molar-refractivity contribution in [2.75, 3.05) is 19.6 Å². The number of aliphatic imine (C=N–C) groups is 1. The average molecular weight is 311 g/mol. The highest BCUT2D eigenvalue weighted by molar-refractivity contribution is 7.08. The molecule has 0 aliphatic heterocycles. The van der Waals surface area contributed by atoms with E-state index in [0.29, 0.717) is 6.54 Å². The van der Waals surface area contributed by atoms with Crippen molar-refractivity contribution in [1.82, 2.24) is 10.6 Å². The fraction of sp³-hybridized carbons (Fsp3) is 0.688. The van der Waals surface area contributed by atoms with Gasteiger partial charge >= 0.3 is 0 Å². The molecule has 0 fully saturated rings. The molecule has 0 bridgehead atoms. The number of thiophene rings is 1. The topological polar surface area (TPSA) is 56.7 Å². The van der Waals surface area contributed by atoms with Crippen molar-refractivity contribution in [3.8, 4) is 0 Å². The van der Waals surface area contributed by atoms with Crippen LogP contribution in [0.25, 0.3) is 0 Å². The van der Waals surface area contributed by atoms with Crippen LogP contribution in [-0.4, -0.2) is 30.7 Å². The van der Waals surface area contributed by atoms with E-state index in [4.69, 9.17) is 0 Å². The van der Waals surface area contributed by atoms with Crippen LogP contribution in [0.2, 0.25) is 0 Å². The van der Waals surface area contributed by atoms with Gasteiger partial charge in [-0.25, -0.2) is 4.99 Å². The van der Waals surface area contributed by atoms with Crippen molar-refractivity contribution >= 4 is 17.3 Å². The van der Waals surface area contributed by atoms with Gasteiger partial charge in [0.15, 0.2) is 5.96 Å². The van der Waals surface area contributed by atoms with Crippen LogP contribution in [0.1, 0.15) is 52.0 Å². The zero-order valence-corrected chi connectivity index (χ0v) is 14.3. The zero-order valence-electron chi connectivity index (χ0n) is 13.5. The summed E-state index contributed by atoms with van der Waals surface area (Å²) in [4.78, 5) is 4.51. The van der Waals surface area contributed by atoms with Gasteiger partial charge < -0.3 is 15.7 Å². The minimum atomic E-state index is -0.912. The molecule has 0 aliphatic rings. The monoisotopic (exact) mass is 311 g/mol. The van der Waals surface area contributed by atoms with E-state index in [-0.39, 0.29) is 0 Å². The summed E-state index contributed by atoms with van der Waals surface area (Å²) in [6.45, 7) is 8.17. The maximum absolute atomic E-state index is 10.5. The third-order valence-electron chi connectivity index (χ3n) is 3.36. The number of guanidine groups is 1. The van der Waals surface area contributed by atoms with Crippen LogP contribution in [0.5, 0.6) is 0 Å². The lowest BCUT2D eigenvalue weighted by Gasteiger charge is -2.21. The number of hydrogen-bond acceptors (Lipinski definition) is 3. The minimum absolute atomic E-state index is 0.355. The second-order valence-corrected chi connectivity index (χ2v) is 6.25. The molecule has 0 spiro atoms. The average Bonchev–Trinajstić information content (AvgIpc) is 2.99. The lowest BCUT2D eigenvalue weighted by molar-refractivity contribution is 0.0677. The van der Waals surface area contributed by atoms with E-state index in [9.17, 15) is 5.11 Å². The number of unbranched alkanes of at least 4 members (excludes halogenated alkanes) is 3. The Labute approximate surface area is 132 Å². The largest absolute Gasteiger partial charge is 0.383 e. The zero-order chi connectivity index (χ0) is 15.6. The van der Waals surface area contributed by atoms with Gasteiger partial charge in [0, 0.05) is 13.1 Å². The summed E-state index contributed by atoms with van der Waals surface area (Å²) in [7, 11) is 0. The van der Waals surface area contributed by atoms with Crippen molar-refractivity contribution < 1.29 is 5.11 Å². The molecule has 0 radical (unpaired) electrons. The normalized spacial score (nSPS) is 14.8. The van der Waals surface area contributed by atoms with Crippen LogP contribution in [0.15, 0.2) is 21.8 Å². The Kier molecular flexibility index (Phi) is 8.38. The van der Waals surface area contributed by atoms with Crippen molar-refractivity contribution in [1.29, 1.82) is 0 Å². The van der Waals surface area contributed by atoms with E-state index in [1.54, 1.807) is 11.3 Å². The maximum atomic E-state index is 10.5. The van der Waals surface area contributed by atoms with Gasteiger partial charge in [-0.1, -0.05) is 26.2 Å². The third-order valence-corrected chi connectivity index (χ3v) is 4.04. The Morgan fingerprint density at radius 2 is 2.10 bits per heavy atom. The number of nitrogens with one attached hydrogen (secondary N) is 2. The molecule has 1 heterocycles. The first kappa shape index (κ1) is 18.0. The van der Waals surface area contributed by atoms with Crippen LogP contribution in [0.3, 0.4) is 0 Å². The molecule has 1 unspecified atom stereocenters. The highest BCUT2D eigenvalue weighted by Crippen LogP contribution is 2.23. The molecule has 0 aliphatic carbocycles. The number of hydrogen-bond donors (Lipinski definition) is 3. The van der Waals surface area contributed by atoms with Gasteiger partial charge in [-0.2, -0.15) is 11.3 Å². The standard InChI is InChI=1S/C16H29N3OS/c1-4-6-7-8-10-18-15(17-5-2)19-13-16(3,20)14-9-11-21-12-14/h9,11-12,20H,4-8,10,13H2,1-3H3,(H2,17,18,19). The Morgan fingerprint density at radius 3 is 2.71 bits per heavy atom. The predicted octanol–water partition coefficient (Wildman–Crippen LogP) is 3.09. The van der Waals surface area contributed by atoms with Crippen molar-refractivity contribution in [3.63, 3.8) is 0 Å². The highest BCUT2D eigenvalue weighted by atomic mass is 32.1. The van der Waals surface area contributed by atoms with Gasteiger partial charge in [0.05, 0.1) is 6.54 Å². The summed E-state index contributed by atoms with van der Waals surface area (Å²) in [6.07, 6.45) is 4.93. The quantitative estimate of drug-likeness (QED) is 0.373. The molecule has 21 heavy (non-hydrogen) atoms. The van der Waals surface area contributed by atoms with Gasteiger partial charge in [-0.05, 0) is 42.7 Å². The molecule has 0 saturated heterocycles. The van der Waals surface area contributed by atoms with E-state index < -0.39 is 5.60 Å². The van der Waals surface area contributed by atoms with Gasteiger partial charge in [0.25, 0.3) is 0 Å². The van der Waals surface area contributed by atoms with Crippen molar-refractivity contribution in [3.05, 3.63) is 22.4 Å². The van der Waals surface area contributed by atoms with Gasteiger partial charge in [-0.3, -0.25) is 0 Å². The summed E-state index contributed by atoms with van der Waals surface area (Å²) in [5.74, 6) is 0.782. The predicted molar refractivity (Wildman–Crippen MR) is 92.0 cm³/mol. The Balaban J connectivity index is 2.47. The van der Waals surface area contributed by atoms with E-state index in [1.165, 1.54) is 19.3 Å². The molecule has 5 heteroatoms. The second kappa shape index (κ2) is 9.79. The van der Waals surface area contributed by atoms with E-state index >= 15 is 0 Å². The number of aliphatic hydroxyl groups is 1. The van der Waals surface area contributed by atoms with Crippen LogP contribution in [0, 0.1) is 0 Å². The van der Waals surface area contributed by atoms with E-state index in [0.717, 1.165) is 31.0 Å². The van der Waals surface area contributed by atoms with E-state index in [2.05, 4.69) is 22.5 Å². The maximum Gasteiger partial charge on any atom is 0.191 e. The molecule has 1 aromatic heterocycles. The fourth-order valence-electron chi connectivity index (χ4n) is 2.00. The lowest BCUT2D eigenvalue weighted by atomic mass is 10.00. The number of rotatable bonds is 9. The summed E-state index contributed by atoms with van der Waals surface area (Å²) in [6, 6.07) is 1.95. The van der Waals surface area contributed by atoms with E-state index in [1.807, 2.05) is 30.7 Å².